The molecule has 0 aromatic carbocycles. The molecule has 1 aromatic heterocycles. The van der Waals surface area contributed by atoms with E-state index >= 15 is 0 Å². The van der Waals surface area contributed by atoms with Gasteiger partial charge in [0.15, 0.2) is 0 Å². The van der Waals surface area contributed by atoms with Crippen molar-refractivity contribution in [1.82, 2.24) is 4.98 Å². The minimum atomic E-state index is 0.115. The zero-order chi connectivity index (χ0) is 9.84. The summed E-state index contributed by atoms with van der Waals surface area (Å²) in [6.07, 6.45) is 2.88. The molecule has 0 amide bonds. The second-order valence-electron chi connectivity index (χ2n) is 3.32. The summed E-state index contributed by atoms with van der Waals surface area (Å²) in [7, 11) is 0. The fourth-order valence-corrected chi connectivity index (χ4v) is 1.59. The summed E-state index contributed by atoms with van der Waals surface area (Å²) in [5.74, 6) is 0.509. The molecule has 1 heterocycles. The first kappa shape index (κ1) is 10.7. The molecule has 2 N–H and O–H groups in total. The van der Waals surface area contributed by atoms with E-state index in [1.54, 1.807) is 6.20 Å². The molecule has 3 heteroatoms. The molecule has 0 saturated carbocycles. The first-order chi connectivity index (χ1) is 6.15. The third kappa shape index (κ3) is 2.78. The van der Waals surface area contributed by atoms with Gasteiger partial charge in [0, 0.05) is 12.2 Å². The monoisotopic (exact) mass is 242 g/mol. The molecule has 0 radical (unpaired) electrons. The molecule has 0 fully saturated rings. The van der Waals surface area contributed by atoms with Gasteiger partial charge in [0.1, 0.15) is 4.60 Å². The lowest BCUT2D eigenvalue weighted by atomic mass is 9.94. The first-order valence-electron chi connectivity index (χ1n) is 4.52. The highest BCUT2D eigenvalue weighted by molar-refractivity contribution is 9.10. The van der Waals surface area contributed by atoms with Crippen LogP contribution in [-0.4, -0.2) is 4.98 Å². The maximum Gasteiger partial charge on any atom is 0.106 e. The standard InChI is InChI=1S/C10H15BrN2/c1-3-7(2)10(12)8-4-5-13-9(11)6-8/h4-7,10H,3,12H2,1-2H3/t7?,10-/m0/s1. The first-order valence-corrected chi connectivity index (χ1v) is 5.31. The summed E-state index contributed by atoms with van der Waals surface area (Å²) >= 11 is 3.33. The highest BCUT2D eigenvalue weighted by Crippen LogP contribution is 2.22. The van der Waals surface area contributed by atoms with Crippen molar-refractivity contribution in [2.75, 3.05) is 0 Å². The van der Waals surface area contributed by atoms with Crippen molar-refractivity contribution >= 4 is 15.9 Å². The predicted molar refractivity (Wildman–Crippen MR) is 58.3 cm³/mol. The van der Waals surface area contributed by atoms with Crippen LogP contribution < -0.4 is 5.73 Å². The minimum Gasteiger partial charge on any atom is -0.324 e. The molecule has 2 nitrogen and oxygen atoms in total. The van der Waals surface area contributed by atoms with Crippen molar-refractivity contribution in [1.29, 1.82) is 0 Å². The van der Waals surface area contributed by atoms with E-state index in [9.17, 15) is 0 Å². The largest absolute Gasteiger partial charge is 0.324 e. The van der Waals surface area contributed by atoms with Crippen LogP contribution in [0.5, 0.6) is 0 Å². The molecule has 0 aliphatic heterocycles. The van der Waals surface area contributed by atoms with Gasteiger partial charge < -0.3 is 5.73 Å². The molecule has 0 spiro atoms. The number of nitrogens with two attached hydrogens (primary N) is 1. The van der Waals surface area contributed by atoms with Crippen molar-refractivity contribution in [3.05, 3.63) is 28.5 Å². The highest BCUT2D eigenvalue weighted by atomic mass is 79.9. The molecule has 2 atom stereocenters. The van der Waals surface area contributed by atoms with Crippen molar-refractivity contribution in [3.8, 4) is 0 Å². The van der Waals surface area contributed by atoms with E-state index in [2.05, 4.69) is 34.8 Å². The van der Waals surface area contributed by atoms with Gasteiger partial charge in [-0.15, -0.1) is 0 Å². The molecule has 0 aliphatic rings. The molecular formula is C10H15BrN2. The average molecular weight is 243 g/mol. The highest BCUT2D eigenvalue weighted by Gasteiger charge is 2.12. The predicted octanol–water partition coefficient (Wildman–Crippen LogP) is 2.89. The van der Waals surface area contributed by atoms with Crippen LogP contribution in [0.3, 0.4) is 0 Å². The second kappa shape index (κ2) is 4.72. The normalized spacial score (nSPS) is 15.4. The van der Waals surface area contributed by atoms with E-state index in [1.165, 1.54) is 0 Å². The quantitative estimate of drug-likeness (QED) is 0.829. The van der Waals surface area contributed by atoms with E-state index < -0.39 is 0 Å². The SMILES string of the molecule is CCC(C)[C@H](N)c1ccnc(Br)c1. The maximum absolute atomic E-state index is 6.07. The average Bonchev–Trinajstić information content (AvgIpc) is 2.15. The smallest absolute Gasteiger partial charge is 0.106 e. The molecule has 13 heavy (non-hydrogen) atoms. The summed E-state index contributed by atoms with van der Waals surface area (Å²) in [5, 5.41) is 0. The summed E-state index contributed by atoms with van der Waals surface area (Å²) in [6, 6.07) is 4.07. The number of rotatable bonds is 3. The number of hydrogen-bond donors (Lipinski definition) is 1. The van der Waals surface area contributed by atoms with Crippen LogP contribution in [0.25, 0.3) is 0 Å². The lowest BCUT2D eigenvalue weighted by Crippen LogP contribution is -2.18. The van der Waals surface area contributed by atoms with Crippen LogP contribution in [-0.2, 0) is 0 Å². The second-order valence-corrected chi connectivity index (χ2v) is 4.14. The Balaban J connectivity index is 2.82. The van der Waals surface area contributed by atoms with Gasteiger partial charge in [-0.1, -0.05) is 20.3 Å². The summed E-state index contributed by atoms with van der Waals surface area (Å²) in [5.41, 5.74) is 7.22. The zero-order valence-corrected chi connectivity index (χ0v) is 9.58. The van der Waals surface area contributed by atoms with Gasteiger partial charge in [-0.2, -0.15) is 0 Å². The van der Waals surface area contributed by atoms with E-state index in [-0.39, 0.29) is 6.04 Å². The minimum absolute atomic E-state index is 0.115. The number of halogens is 1. The molecule has 0 bridgehead atoms. The van der Waals surface area contributed by atoms with Crippen molar-refractivity contribution in [2.24, 2.45) is 11.7 Å². The van der Waals surface area contributed by atoms with Crippen LogP contribution in [0.1, 0.15) is 31.9 Å². The molecular weight excluding hydrogens is 228 g/mol. The Kier molecular flexibility index (Phi) is 3.88. The van der Waals surface area contributed by atoms with Gasteiger partial charge >= 0.3 is 0 Å². The molecule has 1 rings (SSSR count). The van der Waals surface area contributed by atoms with Crippen molar-refractivity contribution in [2.45, 2.75) is 26.3 Å². The van der Waals surface area contributed by atoms with Gasteiger partial charge in [-0.25, -0.2) is 4.98 Å². The fourth-order valence-electron chi connectivity index (χ4n) is 1.21. The lowest BCUT2D eigenvalue weighted by molar-refractivity contribution is 0.456. The summed E-state index contributed by atoms with van der Waals surface area (Å²) in [6.45, 7) is 4.32. The number of hydrogen-bond acceptors (Lipinski definition) is 2. The third-order valence-electron chi connectivity index (χ3n) is 2.39. The zero-order valence-electron chi connectivity index (χ0n) is 8.00. The molecule has 1 unspecified atom stereocenters. The van der Waals surface area contributed by atoms with Gasteiger partial charge in [-0.3, -0.25) is 0 Å². The van der Waals surface area contributed by atoms with Crippen molar-refractivity contribution < 1.29 is 0 Å². The van der Waals surface area contributed by atoms with Crippen LogP contribution in [0, 0.1) is 5.92 Å². The Hall–Kier alpha value is -0.410. The van der Waals surface area contributed by atoms with E-state index in [0.29, 0.717) is 5.92 Å². The van der Waals surface area contributed by atoms with Crippen LogP contribution in [0.4, 0.5) is 0 Å². The topological polar surface area (TPSA) is 38.9 Å². The molecule has 0 saturated heterocycles. The third-order valence-corrected chi connectivity index (χ3v) is 2.83. The van der Waals surface area contributed by atoms with Crippen LogP contribution in [0.15, 0.2) is 22.9 Å². The number of pyridine rings is 1. The Bertz CT molecular complexity index is 275. The van der Waals surface area contributed by atoms with Gasteiger partial charge in [0.05, 0.1) is 0 Å². The summed E-state index contributed by atoms with van der Waals surface area (Å²) in [4.78, 5) is 4.07. The number of aromatic nitrogens is 1. The Morgan fingerprint density at radius 1 is 1.62 bits per heavy atom. The fraction of sp³-hybridized carbons (Fsp3) is 0.500. The van der Waals surface area contributed by atoms with E-state index in [0.717, 1.165) is 16.6 Å². The van der Waals surface area contributed by atoms with Gasteiger partial charge in [0.2, 0.25) is 0 Å². The molecule has 72 valence electrons. The summed E-state index contributed by atoms with van der Waals surface area (Å²) < 4.78 is 0.851. The number of nitrogens with zero attached hydrogens (tertiary/aromatic N) is 1. The van der Waals surface area contributed by atoms with E-state index in [4.69, 9.17) is 5.73 Å². The van der Waals surface area contributed by atoms with Crippen LogP contribution >= 0.6 is 15.9 Å². The lowest BCUT2D eigenvalue weighted by Gasteiger charge is -2.18. The Labute approximate surface area is 87.7 Å². The van der Waals surface area contributed by atoms with Gasteiger partial charge in [-0.05, 0) is 39.5 Å². The Morgan fingerprint density at radius 2 is 2.31 bits per heavy atom. The van der Waals surface area contributed by atoms with Crippen LogP contribution in [0.2, 0.25) is 0 Å². The van der Waals surface area contributed by atoms with Gasteiger partial charge in [0.25, 0.3) is 0 Å². The van der Waals surface area contributed by atoms with E-state index in [1.807, 2.05) is 12.1 Å². The Morgan fingerprint density at radius 3 is 2.85 bits per heavy atom. The maximum atomic E-state index is 6.07. The van der Waals surface area contributed by atoms with Crippen molar-refractivity contribution in [3.63, 3.8) is 0 Å². The molecule has 0 aliphatic carbocycles. The molecule has 1 aromatic rings.